The van der Waals surface area contributed by atoms with Crippen molar-refractivity contribution in [2.45, 2.75) is 53.0 Å². The van der Waals surface area contributed by atoms with Gasteiger partial charge in [0.25, 0.3) is 5.56 Å². The summed E-state index contributed by atoms with van der Waals surface area (Å²) in [4.78, 5) is 27.9. The molecule has 6 nitrogen and oxygen atoms in total. The van der Waals surface area contributed by atoms with Crippen LogP contribution in [0.4, 0.5) is 5.69 Å². The summed E-state index contributed by atoms with van der Waals surface area (Å²) < 4.78 is 1.22. The minimum absolute atomic E-state index is 0.222. The largest absolute Gasteiger partial charge is 0.324 e. The average molecular weight is 397 g/mol. The van der Waals surface area contributed by atoms with Crippen molar-refractivity contribution in [1.29, 1.82) is 0 Å². The van der Waals surface area contributed by atoms with Crippen molar-refractivity contribution >= 4 is 33.1 Å². The third-order valence-corrected chi connectivity index (χ3v) is 6.68. The molecule has 1 aliphatic carbocycles. The van der Waals surface area contributed by atoms with E-state index in [1.54, 1.807) is 18.3 Å². The van der Waals surface area contributed by atoms with Gasteiger partial charge < -0.3 is 5.32 Å². The highest BCUT2D eigenvalue weighted by molar-refractivity contribution is 7.18. The third-order valence-electron chi connectivity index (χ3n) is 5.54. The standard InChI is InChI=1S/C21H24N4O2S/c1-11-5-7-13(3)16(9-11)22-19(26)14(4)25-21(27)18-15-8-6-12(2)10-17(15)28-20(18)23-24-25/h5,7,9,12,14H,6,8,10H2,1-4H3,(H,22,26)/t12-,14-/m0/s1. The number of carbonyl (C=O) groups is 1. The van der Waals surface area contributed by atoms with E-state index in [-0.39, 0.29) is 11.5 Å². The lowest BCUT2D eigenvalue weighted by molar-refractivity contribution is -0.119. The van der Waals surface area contributed by atoms with Crippen LogP contribution in [0.5, 0.6) is 0 Å². The number of rotatable bonds is 3. The smallest absolute Gasteiger partial charge is 0.279 e. The van der Waals surface area contributed by atoms with Gasteiger partial charge in [0.2, 0.25) is 5.91 Å². The molecule has 0 spiro atoms. The molecule has 0 saturated carbocycles. The van der Waals surface area contributed by atoms with Crippen molar-refractivity contribution in [2.24, 2.45) is 5.92 Å². The number of nitrogens with one attached hydrogen (secondary N) is 1. The molecule has 1 amide bonds. The molecule has 2 atom stereocenters. The van der Waals surface area contributed by atoms with Gasteiger partial charge in [-0.2, -0.15) is 4.68 Å². The highest BCUT2D eigenvalue weighted by Crippen LogP contribution is 2.35. The number of nitrogens with zero attached hydrogens (tertiary/aromatic N) is 3. The zero-order chi connectivity index (χ0) is 20.0. The average Bonchev–Trinajstić information content (AvgIpc) is 3.02. The van der Waals surface area contributed by atoms with Gasteiger partial charge in [-0.1, -0.05) is 24.3 Å². The van der Waals surface area contributed by atoms with Crippen LogP contribution in [-0.2, 0) is 17.6 Å². The Balaban J connectivity index is 1.68. The van der Waals surface area contributed by atoms with Crippen molar-refractivity contribution in [1.82, 2.24) is 15.0 Å². The van der Waals surface area contributed by atoms with E-state index in [0.29, 0.717) is 16.1 Å². The van der Waals surface area contributed by atoms with Crippen molar-refractivity contribution in [3.05, 3.63) is 50.1 Å². The predicted octanol–water partition coefficient (Wildman–Crippen LogP) is 3.79. The quantitative estimate of drug-likeness (QED) is 0.731. The summed E-state index contributed by atoms with van der Waals surface area (Å²) in [5.41, 5.74) is 3.67. The summed E-state index contributed by atoms with van der Waals surface area (Å²) in [6, 6.07) is 5.14. The molecule has 146 valence electrons. The summed E-state index contributed by atoms with van der Waals surface area (Å²) in [7, 11) is 0. The molecular weight excluding hydrogens is 372 g/mol. The number of benzene rings is 1. The van der Waals surface area contributed by atoms with E-state index >= 15 is 0 Å². The van der Waals surface area contributed by atoms with Gasteiger partial charge in [-0.3, -0.25) is 9.59 Å². The lowest BCUT2D eigenvalue weighted by Crippen LogP contribution is -2.34. The molecule has 7 heteroatoms. The van der Waals surface area contributed by atoms with Gasteiger partial charge >= 0.3 is 0 Å². The minimum Gasteiger partial charge on any atom is -0.324 e. The molecule has 0 unspecified atom stereocenters. The first-order chi connectivity index (χ1) is 13.3. The van der Waals surface area contributed by atoms with Crippen LogP contribution in [0.25, 0.3) is 10.2 Å². The Labute approximate surface area is 167 Å². The van der Waals surface area contributed by atoms with Crippen molar-refractivity contribution in [3.63, 3.8) is 0 Å². The maximum absolute atomic E-state index is 13.1. The Morgan fingerprint density at radius 2 is 2.14 bits per heavy atom. The van der Waals surface area contributed by atoms with E-state index in [2.05, 4.69) is 22.6 Å². The van der Waals surface area contributed by atoms with Gasteiger partial charge in [-0.25, -0.2) is 0 Å². The summed E-state index contributed by atoms with van der Waals surface area (Å²) in [5.74, 6) is 0.347. The first kappa shape index (κ1) is 18.8. The monoisotopic (exact) mass is 396 g/mol. The first-order valence-electron chi connectivity index (χ1n) is 9.63. The molecule has 0 bridgehead atoms. The van der Waals surface area contributed by atoms with Crippen molar-refractivity contribution in [2.75, 3.05) is 5.32 Å². The van der Waals surface area contributed by atoms with Gasteiger partial charge in [-0.15, -0.1) is 16.4 Å². The Morgan fingerprint density at radius 3 is 2.93 bits per heavy atom. The minimum atomic E-state index is -0.748. The maximum Gasteiger partial charge on any atom is 0.279 e. The van der Waals surface area contributed by atoms with E-state index in [4.69, 9.17) is 0 Å². The van der Waals surface area contributed by atoms with Crippen LogP contribution in [0.15, 0.2) is 23.0 Å². The van der Waals surface area contributed by atoms with E-state index in [1.807, 2.05) is 32.0 Å². The summed E-state index contributed by atoms with van der Waals surface area (Å²) in [6.07, 6.45) is 2.95. The molecule has 1 aliphatic rings. The number of thiophene rings is 1. The number of hydrogen-bond donors (Lipinski definition) is 1. The maximum atomic E-state index is 13.1. The van der Waals surface area contributed by atoms with Gasteiger partial charge in [-0.05, 0) is 68.7 Å². The van der Waals surface area contributed by atoms with E-state index < -0.39 is 6.04 Å². The SMILES string of the molecule is Cc1ccc(C)c(NC(=O)[C@H](C)n2nnc3sc4c(c3c2=O)CC[C@H](C)C4)c1. The molecule has 2 heterocycles. The zero-order valence-electron chi connectivity index (χ0n) is 16.6. The van der Waals surface area contributed by atoms with Crippen LogP contribution in [0.2, 0.25) is 0 Å². The third kappa shape index (κ3) is 3.24. The molecule has 0 aliphatic heterocycles. The number of carbonyl (C=O) groups excluding carboxylic acids is 1. The Morgan fingerprint density at radius 1 is 1.36 bits per heavy atom. The molecule has 0 radical (unpaired) electrons. The van der Waals surface area contributed by atoms with Crippen molar-refractivity contribution < 1.29 is 4.79 Å². The van der Waals surface area contributed by atoms with Gasteiger partial charge in [0.1, 0.15) is 6.04 Å². The second-order valence-corrected chi connectivity index (χ2v) is 8.94. The molecule has 1 aromatic carbocycles. The Hall–Kier alpha value is -2.54. The van der Waals surface area contributed by atoms with Gasteiger partial charge in [0.15, 0.2) is 4.83 Å². The lowest BCUT2D eigenvalue weighted by atomic mass is 9.89. The summed E-state index contributed by atoms with van der Waals surface area (Å²) in [5, 5.41) is 11.9. The molecule has 4 rings (SSSR count). The van der Waals surface area contributed by atoms with E-state index in [1.165, 1.54) is 9.56 Å². The topological polar surface area (TPSA) is 76.9 Å². The van der Waals surface area contributed by atoms with Gasteiger partial charge in [0.05, 0.1) is 5.39 Å². The van der Waals surface area contributed by atoms with Crippen LogP contribution in [0.1, 0.15) is 47.9 Å². The second kappa shape index (κ2) is 7.13. The molecule has 0 saturated heterocycles. The number of amides is 1. The van der Waals surface area contributed by atoms with Gasteiger partial charge in [0, 0.05) is 10.6 Å². The van der Waals surface area contributed by atoms with Crippen LogP contribution >= 0.6 is 11.3 Å². The first-order valence-corrected chi connectivity index (χ1v) is 10.4. The summed E-state index contributed by atoms with van der Waals surface area (Å²) in [6.45, 7) is 7.83. The number of fused-ring (bicyclic) bond motifs is 3. The fraction of sp³-hybridized carbons (Fsp3) is 0.429. The number of aryl methyl sites for hydroxylation is 3. The fourth-order valence-electron chi connectivity index (χ4n) is 3.74. The van der Waals surface area contributed by atoms with Crippen LogP contribution in [0, 0.1) is 19.8 Å². The Bertz CT molecular complexity index is 1130. The molecule has 2 aromatic heterocycles. The molecule has 28 heavy (non-hydrogen) atoms. The number of aromatic nitrogens is 3. The second-order valence-electron chi connectivity index (χ2n) is 7.85. The Kier molecular flexibility index (Phi) is 4.79. The lowest BCUT2D eigenvalue weighted by Gasteiger charge is -2.18. The molecule has 3 aromatic rings. The predicted molar refractivity (Wildman–Crippen MR) is 112 cm³/mol. The van der Waals surface area contributed by atoms with Crippen LogP contribution < -0.4 is 10.9 Å². The van der Waals surface area contributed by atoms with E-state index in [0.717, 1.165) is 41.6 Å². The highest BCUT2D eigenvalue weighted by Gasteiger charge is 2.26. The normalized spacial score (nSPS) is 17.4. The van der Waals surface area contributed by atoms with Crippen molar-refractivity contribution in [3.8, 4) is 0 Å². The zero-order valence-corrected chi connectivity index (χ0v) is 17.4. The molecule has 1 N–H and O–H groups in total. The summed E-state index contributed by atoms with van der Waals surface area (Å²) >= 11 is 1.57. The number of hydrogen-bond acceptors (Lipinski definition) is 5. The molecule has 0 fully saturated rings. The highest BCUT2D eigenvalue weighted by atomic mass is 32.1. The van der Waals surface area contributed by atoms with Crippen LogP contribution in [-0.4, -0.2) is 20.9 Å². The van der Waals surface area contributed by atoms with Crippen LogP contribution in [0.3, 0.4) is 0 Å². The van der Waals surface area contributed by atoms with E-state index in [9.17, 15) is 9.59 Å². The fourth-order valence-corrected chi connectivity index (χ4v) is 5.06. The molecular formula is C21H24N4O2S. The number of anilines is 1.